The number of carbonyl (C=O) groups excluding carboxylic acids is 1. The van der Waals surface area contributed by atoms with Crippen molar-refractivity contribution in [2.24, 2.45) is 0 Å². The van der Waals surface area contributed by atoms with Crippen LogP contribution < -0.4 is 5.32 Å². The van der Waals surface area contributed by atoms with Gasteiger partial charge >= 0.3 is 6.09 Å². The number of hydrogen-bond acceptors (Lipinski definition) is 4. The van der Waals surface area contributed by atoms with Crippen molar-refractivity contribution in [2.45, 2.75) is 44.1 Å². The molecule has 1 aromatic rings. The Morgan fingerprint density at radius 3 is 2.45 bits per heavy atom. The zero-order valence-corrected chi connectivity index (χ0v) is 13.1. The second-order valence-corrected chi connectivity index (χ2v) is 6.18. The number of rotatable bonds is 5. The van der Waals surface area contributed by atoms with E-state index in [-0.39, 0.29) is 17.9 Å². The number of ether oxygens (including phenoxy) is 1. The van der Waals surface area contributed by atoms with Crippen LogP contribution in [0.2, 0.25) is 0 Å². The molecular formula is C15H23NO3S. The molecule has 0 radical (unpaired) electrons. The summed E-state index contributed by atoms with van der Waals surface area (Å²) in [6.45, 7) is 5.40. The van der Waals surface area contributed by atoms with Crippen molar-refractivity contribution < 1.29 is 14.6 Å². The Morgan fingerprint density at radius 2 is 1.95 bits per heavy atom. The molecule has 112 valence electrons. The zero-order valence-electron chi connectivity index (χ0n) is 12.2. The molecule has 2 N–H and O–H groups in total. The minimum absolute atomic E-state index is 0.0235. The minimum atomic E-state index is -0.549. The van der Waals surface area contributed by atoms with E-state index in [1.165, 1.54) is 0 Å². The lowest BCUT2D eigenvalue weighted by Crippen LogP contribution is -2.41. The highest BCUT2D eigenvalue weighted by Gasteiger charge is 2.24. The Morgan fingerprint density at radius 1 is 1.35 bits per heavy atom. The van der Waals surface area contributed by atoms with Crippen LogP contribution in [0.15, 0.2) is 30.3 Å². The van der Waals surface area contributed by atoms with Gasteiger partial charge in [-0.1, -0.05) is 30.3 Å². The molecule has 0 fully saturated rings. The van der Waals surface area contributed by atoms with Gasteiger partial charge in [-0.05, 0) is 32.8 Å². The fourth-order valence-corrected chi connectivity index (χ4v) is 2.19. The topological polar surface area (TPSA) is 58.6 Å². The maximum atomic E-state index is 11.8. The molecule has 0 aliphatic heterocycles. The second kappa shape index (κ2) is 7.55. The number of amides is 1. The van der Waals surface area contributed by atoms with Crippen LogP contribution in [-0.4, -0.2) is 29.4 Å². The first-order chi connectivity index (χ1) is 9.33. The second-order valence-electron chi connectivity index (χ2n) is 5.62. The van der Waals surface area contributed by atoms with Crippen LogP contribution in [0.5, 0.6) is 0 Å². The molecule has 0 spiro atoms. The number of aliphatic hydroxyl groups excluding tert-OH is 1. The molecule has 0 bridgehead atoms. The summed E-state index contributed by atoms with van der Waals surface area (Å²) >= 11 is 4.55. The molecule has 0 heterocycles. The Labute approximate surface area is 125 Å². The fraction of sp³-hybridized carbons (Fsp3) is 0.533. The molecule has 1 rings (SSSR count). The third-order valence-corrected chi connectivity index (χ3v) is 3.32. The van der Waals surface area contributed by atoms with Crippen LogP contribution in [-0.2, 0) is 4.74 Å². The van der Waals surface area contributed by atoms with E-state index in [0.29, 0.717) is 6.42 Å². The summed E-state index contributed by atoms with van der Waals surface area (Å²) in [5, 5.41) is 11.7. The van der Waals surface area contributed by atoms with Gasteiger partial charge < -0.3 is 15.2 Å². The van der Waals surface area contributed by atoms with Gasteiger partial charge in [0.05, 0.1) is 6.04 Å². The van der Waals surface area contributed by atoms with Gasteiger partial charge in [-0.25, -0.2) is 4.79 Å². The molecule has 2 atom stereocenters. The molecule has 1 amide bonds. The number of hydrogen-bond donors (Lipinski definition) is 3. The predicted octanol–water partition coefficient (Wildman–Crippen LogP) is 2.93. The summed E-state index contributed by atoms with van der Waals surface area (Å²) in [7, 11) is 0. The van der Waals surface area contributed by atoms with Crippen molar-refractivity contribution in [3.63, 3.8) is 0 Å². The van der Waals surface area contributed by atoms with E-state index in [1.54, 1.807) is 0 Å². The Bertz CT molecular complexity index is 417. The van der Waals surface area contributed by atoms with Crippen molar-refractivity contribution in [1.82, 2.24) is 5.32 Å². The molecular weight excluding hydrogens is 274 g/mol. The normalized spacial score (nSPS) is 14.4. The van der Waals surface area contributed by atoms with E-state index in [9.17, 15) is 4.79 Å². The third kappa shape index (κ3) is 5.84. The SMILES string of the molecule is CC(C)(C)OC(=O)N[C@H](CCO)C(S)c1ccccc1. The van der Waals surface area contributed by atoms with Crippen LogP contribution in [0.1, 0.15) is 38.0 Å². The number of benzene rings is 1. The zero-order chi connectivity index (χ0) is 15.2. The highest BCUT2D eigenvalue weighted by atomic mass is 32.1. The molecule has 0 aromatic heterocycles. The molecule has 0 aliphatic rings. The van der Waals surface area contributed by atoms with Gasteiger partial charge in [0.25, 0.3) is 0 Å². The van der Waals surface area contributed by atoms with Gasteiger partial charge in [-0.2, -0.15) is 12.6 Å². The van der Waals surface area contributed by atoms with E-state index in [1.807, 2.05) is 51.1 Å². The van der Waals surface area contributed by atoms with E-state index < -0.39 is 11.7 Å². The molecule has 20 heavy (non-hydrogen) atoms. The van der Waals surface area contributed by atoms with Crippen molar-refractivity contribution in [3.05, 3.63) is 35.9 Å². The average Bonchev–Trinajstić information content (AvgIpc) is 2.36. The highest BCUT2D eigenvalue weighted by Crippen LogP contribution is 2.25. The van der Waals surface area contributed by atoms with Crippen LogP contribution in [0.3, 0.4) is 0 Å². The summed E-state index contributed by atoms with van der Waals surface area (Å²) in [6, 6.07) is 9.36. The van der Waals surface area contributed by atoms with Crippen molar-refractivity contribution in [2.75, 3.05) is 6.61 Å². The van der Waals surface area contributed by atoms with Gasteiger partial charge in [-0.15, -0.1) is 0 Å². The molecule has 0 saturated heterocycles. The first kappa shape index (κ1) is 16.9. The van der Waals surface area contributed by atoms with Crippen molar-refractivity contribution in [3.8, 4) is 0 Å². The first-order valence-electron chi connectivity index (χ1n) is 6.67. The first-order valence-corrected chi connectivity index (χ1v) is 7.18. The Hall–Kier alpha value is -1.20. The number of carbonyl (C=O) groups is 1. The van der Waals surface area contributed by atoms with Crippen LogP contribution in [0.25, 0.3) is 0 Å². The lowest BCUT2D eigenvalue weighted by atomic mass is 10.0. The fourth-order valence-electron chi connectivity index (χ4n) is 1.79. The number of aliphatic hydroxyl groups is 1. The van der Waals surface area contributed by atoms with Crippen LogP contribution in [0, 0.1) is 0 Å². The van der Waals surface area contributed by atoms with E-state index in [4.69, 9.17) is 9.84 Å². The van der Waals surface area contributed by atoms with Crippen molar-refractivity contribution in [1.29, 1.82) is 0 Å². The molecule has 0 saturated carbocycles. The molecule has 4 nitrogen and oxygen atoms in total. The average molecular weight is 297 g/mol. The van der Waals surface area contributed by atoms with E-state index in [0.717, 1.165) is 5.56 Å². The highest BCUT2D eigenvalue weighted by molar-refractivity contribution is 7.80. The van der Waals surface area contributed by atoms with Crippen LogP contribution >= 0.6 is 12.6 Å². The van der Waals surface area contributed by atoms with Crippen LogP contribution in [0.4, 0.5) is 4.79 Å². The van der Waals surface area contributed by atoms with E-state index in [2.05, 4.69) is 17.9 Å². The van der Waals surface area contributed by atoms with Gasteiger partial charge in [0.1, 0.15) is 5.60 Å². The summed E-state index contributed by atoms with van der Waals surface area (Å²) in [5.41, 5.74) is 0.442. The van der Waals surface area contributed by atoms with Gasteiger partial charge in [-0.3, -0.25) is 0 Å². The third-order valence-electron chi connectivity index (χ3n) is 2.66. The summed E-state index contributed by atoms with van der Waals surface area (Å²) < 4.78 is 5.23. The van der Waals surface area contributed by atoms with E-state index >= 15 is 0 Å². The molecule has 1 unspecified atom stereocenters. The number of thiol groups is 1. The van der Waals surface area contributed by atoms with Gasteiger partial charge in [0, 0.05) is 11.9 Å². The molecule has 1 aromatic carbocycles. The number of alkyl carbamates (subject to hydrolysis) is 1. The number of nitrogens with one attached hydrogen (secondary N) is 1. The molecule has 5 heteroatoms. The summed E-state index contributed by atoms with van der Waals surface area (Å²) in [5.74, 6) is 0. The van der Waals surface area contributed by atoms with Crippen molar-refractivity contribution >= 4 is 18.7 Å². The Balaban J connectivity index is 2.71. The summed E-state index contributed by atoms with van der Waals surface area (Å²) in [6.07, 6.45) is -0.0756. The minimum Gasteiger partial charge on any atom is -0.444 e. The largest absolute Gasteiger partial charge is 0.444 e. The maximum absolute atomic E-state index is 11.8. The quantitative estimate of drug-likeness (QED) is 0.732. The van der Waals surface area contributed by atoms with Gasteiger partial charge in [0.2, 0.25) is 0 Å². The lowest BCUT2D eigenvalue weighted by Gasteiger charge is -2.26. The summed E-state index contributed by atoms with van der Waals surface area (Å²) in [4.78, 5) is 11.8. The standard InChI is InChI=1S/C15H23NO3S/c1-15(2,3)19-14(18)16-12(9-10-17)13(20)11-7-5-4-6-8-11/h4-8,12-13,17,20H,9-10H2,1-3H3,(H,16,18)/t12-,13?/m1/s1. The monoisotopic (exact) mass is 297 g/mol. The lowest BCUT2D eigenvalue weighted by molar-refractivity contribution is 0.0496. The smallest absolute Gasteiger partial charge is 0.407 e. The Kier molecular flexibility index (Phi) is 6.36. The maximum Gasteiger partial charge on any atom is 0.407 e. The predicted molar refractivity (Wildman–Crippen MR) is 83.0 cm³/mol. The molecule has 0 aliphatic carbocycles. The van der Waals surface area contributed by atoms with Gasteiger partial charge in [0.15, 0.2) is 0 Å².